The van der Waals surface area contributed by atoms with Crippen LogP contribution in [0.1, 0.15) is 54.3 Å². The van der Waals surface area contributed by atoms with E-state index in [4.69, 9.17) is 5.73 Å². The van der Waals surface area contributed by atoms with Gasteiger partial charge in [-0.1, -0.05) is 32.9 Å². The Morgan fingerprint density at radius 3 is 2.17 bits per heavy atom. The average Bonchev–Trinajstić information content (AvgIpc) is 2.78. The van der Waals surface area contributed by atoms with Gasteiger partial charge in [-0.25, -0.2) is 0 Å². The largest absolute Gasteiger partial charge is 0.355 e. The maximum atomic E-state index is 12.2. The zero-order valence-corrected chi connectivity index (χ0v) is 14.5. The molecule has 2 rings (SSSR count). The molecule has 0 aliphatic carbocycles. The van der Waals surface area contributed by atoms with Gasteiger partial charge >= 0.3 is 0 Å². The summed E-state index contributed by atoms with van der Waals surface area (Å²) in [5, 5.41) is 2.80. The lowest BCUT2D eigenvalue weighted by molar-refractivity contribution is -0.124. The Hall–Kier alpha value is -2.21. The molecule has 3 N–H and O–H groups in total. The summed E-state index contributed by atoms with van der Waals surface area (Å²) < 4.78 is 0. The number of nitrogens with zero attached hydrogens (tertiary/aromatic N) is 1. The lowest BCUT2D eigenvalue weighted by atomic mass is 9.87. The second-order valence-corrected chi connectivity index (χ2v) is 7.15. The molecule has 0 radical (unpaired) electrons. The van der Waals surface area contributed by atoms with E-state index in [1.54, 1.807) is 24.3 Å². The van der Waals surface area contributed by atoms with Gasteiger partial charge < -0.3 is 11.1 Å². The Balaban J connectivity index is 1.75. The van der Waals surface area contributed by atoms with Crippen molar-refractivity contribution in [2.75, 3.05) is 13.1 Å². The molecule has 130 valence electrons. The van der Waals surface area contributed by atoms with Crippen LogP contribution in [0.2, 0.25) is 0 Å². The SMILES string of the molecule is CC(C)(C)[C@H](N)C(=O)NCCCCN1C(=O)c2ccccc2C1=O. The number of nitrogens with two attached hydrogens (primary N) is 1. The molecule has 1 aliphatic heterocycles. The van der Waals surface area contributed by atoms with E-state index in [-0.39, 0.29) is 23.1 Å². The van der Waals surface area contributed by atoms with E-state index in [9.17, 15) is 14.4 Å². The molecule has 3 amide bonds. The Morgan fingerprint density at radius 2 is 1.67 bits per heavy atom. The predicted octanol–water partition coefficient (Wildman–Crippen LogP) is 1.55. The third kappa shape index (κ3) is 3.82. The number of carbonyl (C=O) groups is 3. The van der Waals surface area contributed by atoms with Crippen LogP contribution in [-0.2, 0) is 4.79 Å². The summed E-state index contributed by atoms with van der Waals surface area (Å²) in [7, 11) is 0. The van der Waals surface area contributed by atoms with Crippen LogP contribution in [0.25, 0.3) is 0 Å². The quantitative estimate of drug-likeness (QED) is 0.611. The normalized spacial score (nSPS) is 15.4. The summed E-state index contributed by atoms with van der Waals surface area (Å²) in [5.41, 5.74) is 6.53. The summed E-state index contributed by atoms with van der Waals surface area (Å²) in [6, 6.07) is 6.28. The van der Waals surface area contributed by atoms with Crippen molar-refractivity contribution in [3.8, 4) is 0 Å². The fourth-order valence-corrected chi connectivity index (χ4v) is 2.55. The van der Waals surface area contributed by atoms with Crippen molar-refractivity contribution in [3.05, 3.63) is 35.4 Å². The van der Waals surface area contributed by atoms with Crippen LogP contribution in [0, 0.1) is 5.41 Å². The molecule has 24 heavy (non-hydrogen) atoms. The Bertz CT molecular complexity index is 614. The van der Waals surface area contributed by atoms with E-state index in [0.29, 0.717) is 37.1 Å². The highest BCUT2D eigenvalue weighted by Crippen LogP contribution is 2.22. The predicted molar refractivity (Wildman–Crippen MR) is 91.5 cm³/mol. The lowest BCUT2D eigenvalue weighted by Crippen LogP contribution is -2.48. The Kier molecular flexibility index (Phi) is 5.39. The standard InChI is InChI=1S/C18H25N3O3/c1-18(2,3)14(19)15(22)20-10-6-7-11-21-16(23)12-8-4-5-9-13(12)17(21)24/h4-5,8-9,14H,6-7,10-11,19H2,1-3H3,(H,20,22)/t14-/m1/s1. The number of hydrogen-bond acceptors (Lipinski definition) is 4. The van der Waals surface area contributed by atoms with Gasteiger partial charge in [-0.2, -0.15) is 0 Å². The van der Waals surface area contributed by atoms with Crippen molar-refractivity contribution in [2.24, 2.45) is 11.1 Å². The van der Waals surface area contributed by atoms with Gasteiger partial charge in [0.1, 0.15) is 0 Å². The van der Waals surface area contributed by atoms with Crippen LogP contribution in [0.3, 0.4) is 0 Å². The van der Waals surface area contributed by atoms with Crippen LogP contribution in [-0.4, -0.2) is 41.8 Å². The molecule has 0 unspecified atom stereocenters. The summed E-state index contributed by atoms with van der Waals surface area (Å²) in [6.07, 6.45) is 1.31. The first-order chi connectivity index (χ1) is 11.2. The number of nitrogens with one attached hydrogen (secondary N) is 1. The van der Waals surface area contributed by atoms with Gasteiger partial charge in [0.15, 0.2) is 0 Å². The zero-order valence-electron chi connectivity index (χ0n) is 14.5. The number of carbonyl (C=O) groups excluding carboxylic acids is 3. The van der Waals surface area contributed by atoms with Crippen molar-refractivity contribution < 1.29 is 14.4 Å². The van der Waals surface area contributed by atoms with Crippen LogP contribution in [0.5, 0.6) is 0 Å². The smallest absolute Gasteiger partial charge is 0.261 e. The topological polar surface area (TPSA) is 92.5 Å². The molecule has 0 bridgehead atoms. The van der Waals surface area contributed by atoms with Gasteiger partial charge in [0.25, 0.3) is 11.8 Å². The zero-order chi connectivity index (χ0) is 17.9. The molecule has 0 saturated heterocycles. The molecular weight excluding hydrogens is 306 g/mol. The highest BCUT2D eigenvalue weighted by atomic mass is 16.2. The maximum absolute atomic E-state index is 12.2. The first-order valence-corrected chi connectivity index (χ1v) is 8.22. The number of benzene rings is 1. The minimum atomic E-state index is -0.561. The Morgan fingerprint density at radius 1 is 1.12 bits per heavy atom. The molecule has 0 fully saturated rings. The van der Waals surface area contributed by atoms with E-state index in [1.807, 2.05) is 20.8 Å². The molecule has 1 heterocycles. The molecule has 0 saturated carbocycles. The van der Waals surface area contributed by atoms with Crippen molar-refractivity contribution in [1.82, 2.24) is 10.2 Å². The fourth-order valence-electron chi connectivity index (χ4n) is 2.55. The molecule has 0 spiro atoms. The first kappa shape index (κ1) is 18.1. The summed E-state index contributed by atoms with van der Waals surface area (Å²) >= 11 is 0. The molecule has 6 heteroatoms. The minimum Gasteiger partial charge on any atom is -0.355 e. The van der Waals surface area contributed by atoms with Crippen molar-refractivity contribution in [1.29, 1.82) is 0 Å². The highest BCUT2D eigenvalue weighted by Gasteiger charge is 2.34. The molecule has 1 aromatic rings. The van der Waals surface area contributed by atoms with Crippen LogP contribution in [0.15, 0.2) is 24.3 Å². The number of fused-ring (bicyclic) bond motifs is 1. The summed E-state index contributed by atoms with van der Waals surface area (Å²) in [5.74, 6) is -0.660. The molecule has 1 aromatic carbocycles. The van der Waals surface area contributed by atoms with Gasteiger partial charge in [-0.3, -0.25) is 19.3 Å². The van der Waals surface area contributed by atoms with E-state index < -0.39 is 6.04 Å². The number of hydrogen-bond donors (Lipinski definition) is 2. The fraction of sp³-hybridized carbons (Fsp3) is 0.500. The third-order valence-electron chi connectivity index (χ3n) is 4.20. The van der Waals surface area contributed by atoms with Gasteiger partial charge in [-0.15, -0.1) is 0 Å². The molecule has 6 nitrogen and oxygen atoms in total. The molecular formula is C18H25N3O3. The van der Waals surface area contributed by atoms with E-state index in [2.05, 4.69) is 5.32 Å². The number of imide groups is 1. The minimum absolute atomic E-state index is 0.178. The first-order valence-electron chi connectivity index (χ1n) is 8.22. The lowest BCUT2D eigenvalue weighted by Gasteiger charge is -2.25. The van der Waals surface area contributed by atoms with Crippen LogP contribution >= 0.6 is 0 Å². The Labute approximate surface area is 142 Å². The van der Waals surface area contributed by atoms with Crippen LogP contribution < -0.4 is 11.1 Å². The second kappa shape index (κ2) is 7.13. The van der Waals surface area contributed by atoms with Crippen molar-refractivity contribution >= 4 is 17.7 Å². The van der Waals surface area contributed by atoms with Gasteiger partial charge in [0, 0.05) is 13.1 Å². The van der Waals surface area contributed by atoms with Gasteiger partial charge in [-0.05, 0) is 30.4 Å². The van der Waals surface area contributed by atoms with E-state index in [0.717, 1.165) is 0 Å². The van der Waals surface area contributed by atoms with Gasteiger partial charge in [0.05, 0.1) is 17.2 Å². The molecule has 1 atom stereocenters. The summed E-state index contributed by atoms with van der Waals surface area (Å²) in [6.45, 7) is 6.58. The van der Waals surface area contributed by atoms with Crippen LogP contribution in [0.4, 0.5) is 0 Å². The monoisotopic (exact) mass is 331 g/mol. The van der Waals surface area contributed by atoms with E-state index >= 15 is 0 Å². The molecule has 0 aromatic heterocycles. The summed E-state index contributed by atoms with van der Waals surface area (Å²) in [4.78, 5) is 37.6. The van der Waals surface area contributed by atoms with Gasteiger partial charge in [0.2, 0.25) is 5.91 Å². The average molecular weight is 331 g/mol. The maximum Gasteiger partial charge on any atom is 0.261 e. The molecule has 1 aliphatic rings. The van der Waals surface area contributed by atoms with Crippen molar-refractivity contribution in [2.45, 2.75) is 39.7 Å². The number of unbranched alkanes of at least 4 members (excludes halogenated alkanes) is 1. The number of amides is 3. The second-order valence-electron chi connectivity index (χ2n) is 7.15. The number of rotatable bonds is 6. The van der Waals surface area contributed by atoms with E-state index in [1.165, 1.54) is 4.90 Å². The third-order valence-corrected chi connectivity index (χ3v) is 4.20. The highest BCUT2D eigenvalue weighted by molar-refractivity contribution is 6.21. The van der Waals surface area contributed by atoms with Crippen molar-refractivity contribution in [3.63, 3.8) is 0 Å².